The highest BCUT2D eigenvalue weighted by Gasteiger charge is 2.37. The van der Waals surface area contributed by atoms with Gasteiger partial charge in [-0.2, -0.15) is 26.3 Å². The molecule has 0 bridgehead atoms. The number of carbonyl (C=O) groups excluding carboxylic acids is 1. The normalized spacial score (nSPS) is 15.5. The molecule has 1 unspecified atom stereocenters. The monoisotopic (exact) mass is 536 g/mol. The molecule has 2 amide bonds. The molecule has 0 spiro atoms. The van der Waals surface area contributed by atoms with Crippen molar-refractivity contribution in [2.75, 3.05) is 10.6 Å². The molecule has 0 heterocycles. The number of carboxylic acid groups (broad SMARTS) is 1. The molecule has 0 aliphatic heterocycles. The van der Waals surface area contributed by atoms with E-state index in [0.29, 0.717) is 18.6 Å². The largest absolute Gasteiger partial charge is 0.481 e. The predicted octanol–water partition coefficient (Wildman–Crippen LogP) is 7.61. The van der Waals surface area contributed by atoms with Crippen molar-refractivity contribution in [2.45, 2.75) is 38.0 Å². The molecule has 1 aliphatic rings. The number of carbonyl (C=O) groups is 2. The van der Waals surface area contributed by atoms with Crippen LogP contribution in [0.5, 0.6) is 0 Å². The molecule has 0 aromatic heterocycles. The van der Waals surface area contributed by atoms with Gasteiger partial charge in [0.1, 0.15) is 0 Å². The van der Waals surface area contributed by atoms with E-state index < -0.39 is 41.2 Å². The van der Waals surface area contributed by atoms with Gasteiger partial charge in [0.15, 0.2) is 0 Å². The van der Waals surface area contributed by atoms with Crippen LogP contribution in [0.2, 0.25) is 0 Å². The molecule has 3 aromatic rings. The van der Waals surface area contributed by atoms with Gasteiger partial charge in [-0.1, -0.05) is 30.3 Å². The van der Waals surface area contributed by atoms with Gasteiger partial charge in [0.2, 0.25) is 0 Å². The van der Waals surface area contributed by atoms with Gasteiger partial charge < -0.3 is 15.7 Å². The first-order valence-electron chi connectivity index (χ1n) is 11.6. The van der Waals surface area contributed by atoms with Crippen molar-refractivity contribution in [3.05, 3.63) is 82.9 Å². The number of carboxylic acids is 1. The lowest BCUT2D eigenvalue weighted by Gasteiger charge is -2.24. The van der Waals surface area contributed by atoms with Crippen LogP contribution in [-0.2, 0) is 30.0 Å². The minimum Gasteiger partial charge on any atom is -0.481 e. The van der Waals surface area contributed by atoms with Crippen LogP contribution < -0.4 is 10.6 Å². The highest BCUT2D eigenvalue weighted by atomic mass is 19.4. The number of alkyl halides is 6. The van der Waals surface area contributed by atoms with Gasteiger partial charge in [-0.05, 0) is 77.8 Å². The first kappa shape index (κ1) is 27.0. The van der Waals surface area contributed by atoms with Crippen LogP contribution in [0.15, 0.2) is 60.7 Å². The van der Waals surface area contributed by atoms with Crippen LogP contribution in [0.25, 0.3) is 11.1 Å². The molecular formula is C27H22F6N2O3. The Balaban J connectivity index is 1.44. The molecule has 0 saturated carbocycles. The minimum atomic E-state index is -5.03. The van der Waals surface area contributed by atoms with E-state index in [2.05, 4.69) is 5.32 Å². The Labute approximate surface area is 213 Å². The second kappa shape index (κ2) is 10.4. The average Bonchev–Trinajstić information content (AvgIpc) is 2.82. The summed E-state index contributed by atoms with van der Waals surface area (Å²) in [6, 6.07) is 12.3. The zero-order valence-electron chi connectivity index (χ0n) is 19.7. The number of benzene rings is 3. The van der Waals surface area contributed by atoms with Crippen molar-refractivity contribution in [3.63, 3.8) is 0 Å². The zero-order valence-corrected chi connectivity index (χ0v) is 19.7. The number of nitrogens with one attached hydrogen (secondary N) is 2. The lowest BCUT2D eigenvalue weighted by atomic mass is 9.81. The zero-order chi connectivity index (χ0) is 27.7. The summed E-state index contributed by atoms with van der Waals surface area (Å²) in [6.07, 6.45) is -7.65. The summed E-state index contributed by atoms with van der Waals surface area (Å²) in [6.45, 7) is 0. The number of hydrogen-bond donors (Lipinski definition) is 3. The summed E-state index contributed by atoms with van der Waals surface area (Å²) in [5.74, 6) is -0.698. The van der Waals surface area contributed by atoms with Crippen LogP contribution in [0.4, 0.5) is 42.5 Å². The van der Waals surface area contributed by atoms with E-state index in [-0.39, 0.29) is 24.1 Å². The number of amides is 2. The number of aryl methyl sites for hydroxylation is 1. The van der Waals surface area contributed by atoms with Gasteiger partial charge in [0.05, 0.1) is 11.1 Å². The Hall–Kier alpha value is -4.02. The van der Waals surface area contributed by atoms with E-state index in [4.69, 9.17) is 5.11 Å². The Bertz CT molecular complexity index is 1320. The fraction of sp³-hybridized carbons (Fsp3) is 0.259. The highest BCUT2D eigenvalue weighted by molar-refractivity contribution is 6.00. The van der Waals surface area contributed by atoms with Crippen molar-refractivity contribution in [3.8, 4) is 11.1 Å². The number of halogens is 6. The van der Waals surface area contributed by atoms with Crippen LogP contribution >= 0.6 is 0 Å². The third-order valence-corrected chi connectivity index (χ3v) is 6.32. The molecule has 3 aromatic carbocycles. The molecule has 1 aliphatic carbocycles. The second-order valence-electron chi connectivity index (χ2n) is 9.14. The standard InChI is InChI=1S/C27H22F6N2O3/c28-26(29,30)20-12-21(27(31,32)33)14-23(13-20)35-25(38)34-22-7-5-16(6-8-22)18-4-3-17-9-15(10-24(36)37)1-2-19(17)11-18/h3-8,11-15H,1-2,9-10H2,(H,36,37)(H2,34,35,38). The van der Waals surface area contributed by atoms with Crippen LogP contribution in [0.3, 0.4) is 0 Å². The van der Waals surface area contributed by atoms with Gasteiger partial charge in [0, 0.05) is 17.8 Å². The Kier molecular flexibility index (Phi) is 7.39. The van der Waals surface area contributed by atoms with E-state index in [1.165, 1.54) is 0 Å². The summed E-state index contributed by atoms with van der Waals surface area (Å²) in [4.78, 5) is 23.3. The van der Waals surface area contributed by atoms with Crippen molar-refractivity contribution < 1.29 is 41.0 Å². The van der Waals surface area contributed by atoms with E-state index in [0.717, 1.165) is 35.1 Å². The molecule has 0 fully saturated rings. The summed E-state index contributed by atoms with van der Waals surface area (Å²) in [5.41, 5.74) is 0.572. The Morgan fingerprint density at radius 3 is 1.92 bits per heavy atom. The molecule has 4 rings (SSSR count). The number of anilines is 2. The predicted molar refractivity (Wildman–Crippen MR) is 129 cm³/mol. The lowest BCUT2D eigenvalue weighted by molar-refractivity contribution is -0.143. The molecule has 0 radical (unpaired) electrons. The smallest absolute Gasteiger partial charge is 0.416 e. The van der Waals surface area contributed by atoms with Crippen molar-refractivity contribution >= 4 is 23.4 Å². The summed E-state index contributed by atoms with van der Waals surface area (Å²) in [7, 11) is 0. The van der Waals surface area contributed by atoms with Gasteiger partial charge >= 0.3 is 24.4 Å². The average molecular weight is 536 g/mol. The topological polar surface area (TPSA) is 78.4 Å². The van der Waals surface area contributed by atoms with Crippen LogP contribution in [0, 0.1) is 5.92 Å². The number of urea groups is 1. The highest BCUT2D eigenvalue weighted by Crippen LogP contribution is 2.37. The summed E-state index contributed by atoms with van der Waals surface area (Å²) < 4.78 is 78.2. The maximum Gasteiger partial charge on any atom is 0.416 e. The third kappa shape index (κ3) is 6.64. The molecular weight excluding hydrogens is 514 g/mol. The van der Waals surface area contributed by atoms with Gasteiger partial charge in [-0.25, -0.2) is 4.79 Å². The van der Waals surface area contributed by atoms with Crippen molar-refractivity contribution in [2.24, 2.45) is 5.92 Å². The quantitative estimate of drug-likeness (QED) is 0.294. The van der Waals surface area contributed by atoms with E-state index in [1.54, 1.807) is 24.3 Å². The van der Waals surface area contributed by atoms with E-state index >= 15 is 0 Å². The Morgan fingerprint density at radius 1 is 0.763 bits per heavy atom. The minimum absolute atomic E-state index is 0.0170. The molecule has 38 heavy (non-hydrogen) atoms. The van der Waals surface area contributed by atoms with Crippen LogP contribution in [-0.4, -0.2) is 17.1 Å². The number of hydrogen-bond acceptors (Lipinski definition) is 2. The van der Waals surface area contributed by atoms with Gasteiger partial charge in [-0.15, -0.1) is 0 Å². The summed E-state index contributed by atoms with van der Waals surface area (Å²) in [5, 5.41) is 13.4. The first-order chi connectivity index (χ1) is 17.8. The fourth-order valence-electron chi connectivity index (χ4n) is 4.50. The maximum atomic E-state index is 13.0. The van der Waals surface area contributed by atoms with Gasteiger partial charge in [-0.3, -0.25) is 4.79 Å². The third-order valence-electron chi connectivity index (χ3n) is 6.32. The van der Waals surface area contributed by atoms with E-state index in [9.17, 15) is 35.9 Å². The van der Waals surface area contributed by atoms with E-state index in [1.807, 2.05) is 23.5 Å². The SMILES string of the molecule is O=C(O)CC1CCc2cc(-c3ccc(NC(=O)Nc4cc(C(F)(F)F)cc(C(F)(F)F)c4)cc3)ccc2C1. The molecule has 5 nitrogen and oxygen atoms in total. The fourth-order valence-corrected chi connectivity index (χ4v) is 4.50. The molecule has 200 valence electrons. The molecule has 0 saturated heterocycles. The molecule has 11 heteroatoms. The van der Waals surface area contributed by atoms with Crippen LogP contribution in [0.1, 0.15) is 35.1 Å². The molecule has 1 atom stereocenters. The van der Waals surface area contributed by atoms with Crippen molar-refractivity contribution in [1.82, 2.24) is 0 Å². The molecule has 3 N–H and O–H groups in total. The number of aliphatic carboxylic acids is 1. The van der Waals surface area contributed by atoms with Gasteiger partial charge in [0.25, 0.3) is 0 Å². The second-order valence-corrected chi connectivity index (χ2v) is 9.14. The maximum absolute atomic E-state index is 13.0. The lowest BCUT2D eigenvalue weighted by Crippen LogP contribution is -2.20. The Morgan fingerprint density at radius 2 is 1.34 bits per heavy atom. The number of rotatable bonds is 5. The number of fused-ring (bicyclic) bond motifs is 1. The van der Waals surface area contributed by atoms with Crippen molar-refractivity contribution in [1.29, 1.82) is 0 Å². The summed E-state index contributed by atoms with van der Waals surface area (Å²) >= 11 is 0. The first-order valence-corrected chi connectivity index (χ1v) is 11.6.